The summed E-state index contributed by atoms with van der Waals surface area (Å²) < 4.78 is 5.08. The molecule has 3 rings (SSSR count). The van der Waals surface area contributed by atoms with Crippen LogP contribution in [0.25, 0.3) is 0 Å². The predicted molar refractivity (Wildman–Crippen MR) is 89.6 cm³/mol. The van der Waals surface area contributed by atoms with Gasteiger partial charge in [-0.3, -0.25) is 19.5 Å². The van der Waals surface area contributed by atoms with Crippen molar-refractivity contribution in [2.75, 3.05) is 20.1 Å². The highest BCUT2D eigenvalue weighted by atomic mass is 16.3. The van der Waals surface area contributed by atoms with E-state index in [4.69, 9.17) is 4.42 Å². The molecule has 0 unspecified atom stereocenters. The molecule has 0 aromatic carbocycles. The summed E-state index contributed by atoms with van der Waals surface area (Å²) in [7, 11) is 1.60. The third kappa shape index (κ3) is 4.03. The van der Waals surface area contributed by atoms with Crippen molar-refractivity contribution < 1.29 is 14.0 Å². The van der Waals surface area contributed by atoms with E-state index in [1.807, 2.05) is 12.1 Å². The number of amides is 2. The van der Waals surface area contributed by atoms with Crippen molar-refractivity contribution in [3.8, 4) is 0 Å². The van der Waals surface area contributed by atoms with Crippen molar-refractivity contribution in [1.29, 1.82) is 0 Å². The molecule has 2 aromatic heterocycles. The second-order valence-corrected chi connectivity index (χ2v) is 6.11. The molecule has 2 N–H and O–H groups in total. The number of aryl methyl sites for hydroxylation is 1. The molecule has 132 valence electrons. The molecule has 8 heteroatoms. The molecule has 0 aliphatic carbocycles. The Labute approximate surface area is 145 Å². The number of carbonyl (C=O) groups is 2. The summed E-state index contributed by atoms with van der Waals surface area (Å²) in [6.45, 7) is 3.50. The normalized spacial score (nSPS) is 20.4. The minimum absolute atomic E-state index is 0.0877. The van der Waals surface area contributed by atoms with Gasteiger partial charge in [0, 0.05) is 46.0 Å². The lowest BCUT2D eigenvalue weighted by Gasteiger charge is -2.17. The van der Waals surface area contributed by atoms with Crippen molar-refractivity contribution in [2.24, 2.45) is 5.92 Å². The molecule has 1 aliphatic heterocycles. The summed E-state index contributed by atoms with van der Waals surface area (Å²) in [4.78, 5) is 34.8. The zero-order chi connectivity index (χ0) is 17.8. The lowest BCUT2D eigenvalue weighted by Crippen LogP contribution is -2.45. The summed E-state index contributed by atoms with van der Waals surface area (Å²) in [6.07, 6.45) is 4.85. The first-order valence-corrected chi connectivity index (χ1v) is 8.12. The molecule has 2 amide bonds. The van der Waals surface area contributed by atoms with Crippen molar-refractivity contribution in [3.05, 3.63) is 47.9 Å². The van der Waals surface area contributed by atoms with Gasteiger partial charge < -0.3 is 15.1 Å². The van der Waals surface area contributed by atoms with Crippen LogP contribution in [0.5, 0.6) is 0 Å². The van der Waals surface area contributed by atoms with Crippen molar-refractivity contribution >= 4 is 11.8 Å². The lowest BCUT2D eigenvalue weighted by molar-refractivity contribution is -0.124. The highest BCUT2D eigenvalue weighted by Gasteiger charge is 2.38. The third-order valence-corrected chi connectivity index (χ3v) is 4.28. The SMILES string of the molecule is CNC(=O)[C@H]1CN(Cc2cccnc2)C[C@@H]1NC(=O)c1coc(C)n1. The second-order valence-electron chi connectivity index (χ2n) is 6.11. The maximum Gasteiger partial charge on any atom is 0.273 e. The van der Waals surface area contributed by atoms with Crippen LogP contribution in [0.2, 0.25) is 0 Å². The Balaban J connectivity index is 1.69. The Hall–Kier alpha value is -2.74. The van der Waals surface area contributed by atoms with E-state index >= 15 is 0 Å². The van der Waals surface area contributed by atoms with Crippen LogP contribution in [0.15, 0.2) is 35.2 Å². The van der Waals surface area contributed by atoms with Gasteiger partial charge in [-0.2, -0.15) is 0 Å². The minimum Gasteiger partial charge on any atom is -0.448 e. The van der Waals surface area contributed by atoms with E-state index in [-0.39, 0.29) is 29.5 Å². The van der Waals surface area contributed by atoms with Crippen LogP contribution in [-0.4, -0.2) is 52.9 Å². The average molecular weight is 343 g/mol. The molecular weight excluding hydrogens is 322 g/mol. The van der Waals surface area contributed by atoms with Crippen LogP contribution in [0.1, 0.15) is 21.9 Å². The summed E-state index contributed by atoms with van der Waals surface area (Å²) in [6, 6.07) is 3.58. The van der Waals surface area contributed by atoms with Gasteiger partial charge in [-0.25, -0.2) is 4.98 Å². The lowest BCUT2D eigenvalue weighted by atomic mass is 10.0. The number of oxazole rings is 1. The van der Waals surface area contributed by atoms with Crippen LogP contribution in [-0.2, 0) is 11.3 Å². The molecule has 25 heavy (non-hydrogen) atoms. The van der Waals surface area contributed by atoms with Crippen molar-refractivity contribution in [1.82, 2.24) is 25.5 Å². The third-order valence-electron chi connectivity index (χ3n) is 4.28. The van der Waals surface area contributed by atoms with Gasteiger partial charge in [-0.05, 0) is 11.6 Å². The van der Waals surface area contributed by atoms with E-state index in [0.717, 1.165) is 5.56 Å². The van der Waals surface area contributed by atoms with Gasteiger partial charge in [0.15, 0.2) is 11.6 Å². The fraction of sp³-hybridized carbons (Fsp3) is 0.412. The maximum atomic E-state index is 12.3. The van der Waals surface area contributed by atoms with Crippen LogP contribution in [0.3, 0.4) is 0 Å². The van der Waals surface area contributed by atoms with Crippen LogP contribution in [0, 0.1) is 12.8 Å². The molecule has 0 spiro atoms. The van der Waals surface area contributed by atoms with Gasteiger partial charge in [0.1, 0.15) is 6.26 Å². The number of pyridine rings is 1. The molecule has 3 heterocycles. The zero-order valence-electron chi connectivity index (χ0n) is 14.2. The Morgan fingerprint density at radius 3 is 2.88 bits per heavy atom. The molecule has 0 bridgehead atoms. The summed E-state index contributed by atoms with van der Waals surface area (Å²) in [5.41, 5.74) is 1.29. The number of carbonyl (C=O) groups excluding carboxylic acids is 2. The van der Waals surface area contributed by atoms with E-state index < -0.39 is 0 Å². The summed E-state index contributed by atoms with van der Waals surface area (Å²) in [5.74, 6) is -0.314. The largest absolute Gasteiger partial charge is 0.448 e. The highest BCUT2D eigenvalue weighted by Crippen LogP contribution is 2.20. The van der Waals surface area contributed by atoms with Gasteiger partial charge in [0.05, 0.1) is 12.0 Å². The number of aromatic nitrogens is 2. The molecular formula is C17H21N5O3. The molecule has 2 atom stereocenters. The molecule has 1 fully saturated rings. The second kappa shape index (κ2) is 7.43. The van der Waals surface area contributed by atoms with Crippen molar-refractivity contribution in [3.63, 3.8) is 0 Å². The average Bonchev–Trinajstić information content (AvgIpc) is 3.21. The maximum absolute atomic E-state index is 12.3. The van der Waals surface area contributed by atoms with Gasteiger partial charge in [-0.15, -0.1) is 0 Å². The summed E-state index contributed by atoms with van der Waals surface area (Å²) >= 11 is 0. The number of rotatable bonds is 5. The van der Waals surface area contributed by atoms with E-state index in [0.29, 0.717) is 25.5 Å². The van der Waals surface area contributed by atoms with Crippen LogP contribution < -0.4 is 10.6 Å². The van der Waals surface area contributed by atoms with Crippen LogP contribution >= 0.6 is 0 Å². The number of likely N-dealkylation sites (tertiary alicyclic amines) is 1. The van der Waals surface area contributed by atoms with Crippen LogP contribution in [0.4, 0.5) is 0 Å². The first kappa shape index (κ1) is 17.1. The van der Waals surface area contributed by atoms with E-state index in [1.165, 1.54) is 6.26 Å². The van der Waals surface area contributed by atoms with Gasteiger partial charge >= 0.3 is 0 Å². The standard InChI is InChI=1S/C17H21N5O3/c1-11-20-15(10-25-11)17(24)21-14-9-22(8-13(14)16(23)18-2)7-12-4-3-5-19-6-12/h3-6,10,13-14H,7-9H2,1-2H3,(H,18,23)(H,21,24)/t13-,14-/m0/s1. The fourth-order valence-electron chi connectivity index (χ4n) is 3.07. The van der Waals surface area contributed by atoms with Gasteiger partial charge in [0.2, 0.25) is 5.91 Å². The Kier molecular flexibility index (Phi) is 5.08. The van der Waals surface area contributed by atoms with Gasteiger partial charge in [0.25, 0.3) is 5.91 Å². The van der Waals surface area contributed by atoms with E-state index in [9.17, 15) is 9.59 Å². The molecule has 8 nitrogen and oxygen atoms in total. The summed E-state index contributed by atoms with van der Waals surface area (Å²) in [5, 5.41) is 5.59. The molecule has 0 radical (unpaired) electrons. The Bertz CT molecular complexity index is 746. The van der Waals surface area contributed by atoms with E-state index in [2.05, 4.69) is 25.5 Å². The monoisotopic (exact) mass is 343 g/mol. The van der Waals surface area contributed by atoms with Crippen molar-refractivity contribution in [2.45, 2.75) is 19.5 Å². The fourth-order valence-corrected chi connectivity index (χ4v) is 3.07. The predicted octanol–water partition coefficient (Wildman–Crippen LogP) is 0.354. The topological polar surface area (TPSA) is 100 Å². The Morgan fingerprint density at radius 1 is 1.40 bits per heavy atom. The first-order valence-electron chi connectivity index (χ1n) is 8.12. The number of nitrogens with zero attached hydrogens (tertiary/aromatic N) is 3. The molecule has 0 saturated carbocycles. The number of hydrogen-bond donors (Lipinski definition) is 2. The molecule has 1 saturated heterocycles. The zero-order valence-corrected chi connectivity index (χ0v) is 14.2. The smallest absolute Gasteiger partial charge is 0.273 e. The number of nitrogens with one attached hydrogen (secondary N) is 2. The van der Waals surface area contributed by atoms with Gasteiger partial charge in [-0.1, -0.05) is 6.07 Å². The Morgan fingerprint density at radius 2 is 2.24 bits per heavy atom. The van der Waals surface area contributed by atoms with E-state index in [1.54, 1.807) is 26.4 Å². The highest BCUT2D eigenvalue weighted by molar-refractivity contribution is 5.92. The molecule has 1 aliphatic rings. The first-order chi connectivity index (χ1) is 12.1. The molecule has 2 aromatic rings. The minimum atomic E-state index is -0.334. The quantitative estimate of drug-likeness (QED) is 0.813. The number of hydrogen-bond acceptors (Lipinski definition) is 6.